The molecule has 0 saturated heterocycles. The van der Waals surface area contributed by atoms with Crippen molar-refractivity contribution in [1.29, 1.82) is 0 Å². The Kier molecular flexibility index (Phi) is 14.1. The smallest absolute Gasteiger partial charge is 0.178 e. The highest BCUT2D eigenvalue weighted by molar-refractivity contribution is 7.91. The number of benzene rings is 1. The van der Waals surface area contributed by atoms with Crippen LogP contribution in [0.1, 0.15) is 96.8 Å². The van der Waals surface area contributed by atoms with Crippen LogP contribution in [0.15, 0.2) is 47.4 Å². The van der Waals surface area contributed by atoms with Gasteiger partial charge in [-0.2, -0.15) is 0 Å². The second kappa shape index (κ2) is 15.9. The number of unbranched alkanes of at least 4 members (excludes halogenated alkanes) is 12. The monoisotopic (exact) mass is 392 g/mol. The predicted molar refractivity (Wildman–Crippen MR) is 118 cm³/mol. The van der Waals surface area contributed by atoms with Crippen LogP contribution in [-0.2, 0) is 9.84 Å². The van der Waals surface area contributed by atoms with E-state index in [4.69, 9.17) is 0 Å². The van der Waals surface area contributed by atoms with Crippen LogP contribution >= 0.6 is 0 Å². The Hall–Kier alpha value is -1.09. The van der Waals surface area contributed by atoms with E-state index in [1.54, 1.807) is 24.3 Å². The molecule has 0 aliphatic heterocycles. The van der Waals surface area contributed by atoms with Crippen LogP contribution in [0.4, 0.5) is 0 Å². The average molecular weight is 393 g/mol. The van der Waals surface area contributed by atoms with Crippen molar-refractivity contribution in [3.63, 3.8) is 0 Å². The first-order valence-corrected chi connectivity index (χ1v) is 12.7. The molecule has 0 saturated carbocycles. The molecule has 2 nitrogen and oxygen atoms in total. The quantitative estimate of drug-likeness (QED) is 0.203. The third-order valence-corrected chi connectivity index (χ3v) is 6.84. The van der Waals surface area contributed by atoms with E-state index < -0.39 is 9.84 Å². The van der Waals surface area contributed by atoms with Crippen molar-refractivity contribution in [2.75, 3.05) is 5.75 Å². The maximum Gasteiger partial charge on any atom is 0.178 e. The Morgan fingerprint density at radius 2 is 1.15 bits per heavy atom. The summed E-state index contributed by atoms with van der Waals surface area (Å²) in [4.78, 5) is 0.456. The Morgan fingerprint density at radius 3 is 1.70 bits per heavy atom. The molecule has 0 bridgehead atoms. The Balaban J connectivity index is 1.90. The van der Waals surface area contributed by atoms with E-state index in [2.05, 4.69) is 19.1 Å². The van der Waals surface area contributed by atoms with Crippen molar-refractivity contribution in [2.45, 2.75) is 102 Å². The number of hydrogen-bond acceptors (Lipinski definition) is 2. The lowest BCUT2D eigenvalue weighted by atomic mass is 10.1. The molecule has 0 aliphatic rings. The zero-order valence-corrected chi connectivity index (χ0v) is 18.2. The molecule has 0 fully saturated rings. The van der Waals surface area contributed by atoms with Gasteiger partial charge in [0.25, 0.3) is 0 Å². The summed E-state index contributed by atoms with van der Waals surface area (Å²) >= 11 is 0. The van der Waals surface area contributed by atoms with E-state index in [0.29, 0.717) is 4.90 Å². The van der Waals surface area contributed by atoms with Crippen LogP contribution in [0.5, 0.6) is 0 Å². The van der Waals surface area contributed by atoms with Gasteiger partial charge in [0.15, 0.2) is 9.84 Å². The van der Waals surface area contributed by atoms with Gasteiger partial charge in [0, 0.05) is 0 Å². The molecule has 0 heterocycles. The van der Waals surface area contributed by atoms with E-state index in [1.165, 1.54) is 70.6 Å². The molecule has 1 aromatic rings. The number of hydrogen-bond donors (Lipinski definition) is 0. The van der Waals surface area contributed by atoms with Crippen LogP contribution in [0.3, 0.4) is 0 Å². The van der Waals surface area contributed by atoms with Gasteiger partial charge in [-0.1, -0.05) is 95.1 Å². The van der Waals surface area contributed by atoms with Gasteiger partial charge in [-0.05, 0) is 44.2 Å². The lowest BCUT2D eigenvalue weighted by Crippen LogP contribution is -2.06. The van der Waals surface area contributed by atoms with Gasteiger partial charge >= 0.3 is 0 Å². The second-order valence-corrected chi connectivity index (χ2v) is 9.68. The standard InChI is InChI=1S/C24H40O2S/c1-2-3-4-5-6-7-8-9-10-11-12-13-14-15-16-20-23-27(25,26)24-21-18-17-19-22-24/h9-10,17-19,21-22H,2-8,11-16,20,23H2,1H3. The van der Waals surface area contributed by atoms with Crippen molar-refractivity contribution < 1.29 is 8.42 Å². The zero-order chi connectivity index (χ0) is 19.6. The summed E-state index contributed by atoms with van der Waals surface area (Å²) in [6.07, 6.45) is 22.0. The Bertz CT molecular complexity index is 576. The molecule has 3 heteroatoms. The molecule has 0 amide bonds. The molecule has 27 heavy (non-hydrogen) atoms. The highest BCUT2D eigenvalue weighted by Gasteiger charge is 2.12. The first-order chi connectivity index (χ1) is 13.2. The summed E-state index contributed by atoms with van der Waals surface area (Å²) in [6.45, 7) is 2.26. The van der Waals surface area contributed by atoms with Gasteiger partial charge in [-0.25, -0.2) is 8.42 Å². The van der Waals surface area contributed by atoms with Crippen molar-refractivity contribution in [3.8, 4) is 0 Å². The van der Waals surface area contributed by atoms with Gasteiger partial charge in [-0.3, -0.25) is 0 Å². The topological polar surface area (TPSA) is 34.1 Å². The van der Waals surface area contributed by atoms with E-state index in [-0.39, 0.29) is 5.75 Å². The summed E-state index contributed by atoms with van der Waals surface area (Å²) in [6, 6.07) is 8.80. The molecule has 0 aliphatic carbocycles. The molecule has 1 rings (SSSR count). The summed E-state index contributed by atoms with van der Waals surface area (Å²) in [5, 5.41) is 0. The molecule has 1 aromatic carbocycles. The summed E-state index contributed by atoms with van der Waals surface area (Å²) < 4.78 is 24.3. The molecular formula is C24H40O2S. The van der Waals surface area contributed by atoms with Gasteiger partial charge in [0.2, 0.25) is 0 Å². The van der Waals surface area contributed by atoms with Crippen LogP contribution in [0.2, 0.25) is 0 Å². The van der Waals surface area contributed by atoms with Crippen LogP contribution in [0.25, 0.3) is 0 Å². The summed E-state index contributed by atoms with van der Waals surface area (Å²) in [7, 11) is -3.09. The fourth-order valence-electron chi connectivity index (χ4n) is 3.29. The van der Waals surface area contributed by atoms with Crippen molar-refractivity contribution in [3.05, 3.63) is 42.5 Å². The fourth-order valence-corrected chi connectivity index (χ4v) is 4.68. The van der Waals surface area contributed by atoms with Crippen LogP contribution in [-0.4, -0.2) is 14.2 Å². The molecule has 0 radical (unpaired) electrons. The van der Waals surface area contributed by atoms with Crippen molar-refractivity contribution in [2.24, 2.45) is 0 Å². The number of allylic oxidation sites excluding steroid dienone is 2. The van der Waals surface area contributed by atoms with Crippen molar-refractivity contribution >= 4 is 9.84 Å². The van der Waals surface area contributed by atoms with Crippen molar-refractivity contribution in [1.82, 2.24) is 0 Å². The van der Waals surface area contributed by atoms with Crippen LogP contribution < -0.4 is 0 Å². The van der Waals surface area contributed by atoms with E-state index in [1.807, 2.05) is 6.07 Å². The average Bonchev–Trinajstić information content (AvgIpc) is 2.68. The maximum atomic E-state index is 12.2. The minimum absolute atomic E-state index is 0.276. The van der Waals surface area contributed by atoms with E-state index in [0.717, 1.165) is 19.3 Å². The van der Waals surface area contributed by atoms with Gasteiger partial charge < -0.3 is 0 Å². The molecule has 0 unspecified atom stereocenters. The highest BCUT2D eigenvalue weighted by Crippen LogP contribution is 2.14. The second-order valence-electron chi connectivity index (χ2n) is 7.57. The van der Waals surface area contributed by atoms with E-state index in [9.17, 15) is 8.42 Å². The van der Waals surface area contributed by atoms with Gasteiger partial charge in [-0.15, -0.1) is 0 Å². The molecule has 0 N–H and O–H groups in total. The first-order valence-electron chi connectivity index (χ1n) is 11.1. The largest absolute Gasteiger partial charge is 0.224 e. The third kappa shape index (κ3) is 12.8. The molecule has 0 spiro atoms. The normalized spacial score (nSPS) is 12.0. The van der Waals surface area contributed by atoms with E-state index >= 15 is 0 Å². The Labute approximate surface area is 168 Å². The molecule has 0 atom stereocenters. The zero-order valence-electron chi connectivity index (χ0n) is 17.4. The minimum atomic E-state index is -3.09. The first kappa shape index (κ1) is 23.9. The molecule has 154 valence electrons. The molecular weight excluding hydrogens is 352 g/mol. The van der Waals surface area contributed by atoms with Gasteiger partial charge in [0.05, 0.1) is 10.6 Å². The predicted octanol–water partition coefficient (Wildman–Crippen LogP) is 7.50. The van der Waals surface area contributed by atoms with Crippen LogP contribution in [0, 0.1) is 0 Å². The fraction of sp³-hybridized carbons (Fsp3) is 0.667. The minimum Gasteiger partial charge on any atom is -0.224 e. The highest BCUT2D eigenvalue weighted by atomic mass is 32.2. The number of sulfone groups is 1. The summed E-state index contributed by atoms with van der Waals surface area (Å²) in [5.74, 6) is 0.276. The summed E-state index contributed by atoms with van der Waals surface area (Å²) in [5.41, 5.74) is 0. The Morgan fingerprint density at radius 1 is 0.667 bits per heavy atom. The lowest BCUT2D eigenvalue weighted by molar-refractivity contribution is 0.581. The lowest BCUT2D eigenvalue weighted by Gasteiger charge is -2.04. The number of rotatable bonds is 17. The van der Waals surface area contributed by atoms with Gasteiger partial charge in [0.1, 0.15) is 0 Å². The SMILES string of the molecule is CCCCCCCCC=CCCCCCCCCS(=O)(=O)c1ccccc1. The maximum absolute atomic E-state index is 12.2. The molecule has 0 aromatic heterocycles. The third-order valence-electron chi connectivity index (χ3n) is 5.03.